The molecule has 0 radical (unpaired) electrons. The highest BCUT2D eigenvalue weighted by molar-refractivity contribution is 7.89. The maximum Gasteiger partial charge on any atom is 0.242 e. The van der Waals surface area contributed by atoms with Crippen molar-refractivity contribution in [2.24, 2.45) is 5.41 Å². The van der Waals surface area contributed by atoms with Crippen LogP contribution in [-0.4, -0.2) is 31.2 Å². The van der Waals surface area contributed by atoms with Crippen molar-refractivity contribution in [3.63, 3.8) is 0 Å². The lowest BCUT2D eigenvalue weighted by atomic mass is 9.86. The number of aliphatic hydroxyl groups is 1. The number of pyridine rings is 1. The lowest BCUT2D eigenvalue weighted by molar-refractivity contribution is 0.127. The van der Waals surface area contributed by atoms with Gasteiger partial charge in [0, 0.05) is 24.3 Å². The molecule has 1 heterocycles. The number of aromatic nitrogens is 1. The van der Waals surface area contributed by atoms with Crippen molar-refractivity contribution in [2.75, 3.05) is 6.61 Å². The first-order valence-electron chi connectivity index (χ1n) is 6.23. The number of nitrogens with one attached hydrogen (secondary N) is 1. The molecule has 0 saturated heterocycles. The van der Waals surface area contributed by atoms with Crippen molar-refractivity contribution >= 4 is 33.2 Å². The zero-order valence-corrected chi connectivity index (χ0v) is 13.3. The molecule has 0 spiro atoms. The molecule has 1 aromatic heterocycles. The molecule has 2 atom stereocenters. The van der Waals surface area contributed by atoms with Crippen molar-refractivity contribution in [1.29, 1.82) is 0 Å². The van der Waals surface area contributed by atoms with Gasteiger partial charge in [0.2, 0.25) is 10.0 Å². The third kappa shape index (κ3) is 3.09. The first-order valence-corrected chi connectivity index (χ1v) is 8.47. The van der Waals surface area contributed by atoms with Crippen LogP contribution >= 0.6 is 23.2 Å². The van der Waals surface area contributed by atoms with Crippen LogP contribution in [-0.2, 0) is 10.0 Å². The molecule has 112 valence electrons. The van der Waals surface area contributed by atoms with Crippen LogP contribution in [0.5, 0.6) is 0 Å². The molecule has 0 bridgehead atoms. The fraction of sp³-hybridized carbons (Fsp3) is 0.583. The zero-order chi connectivity index (χ0) is 15.0. The van der Waals surface area contributed by atoms with Crippen LogP contribution in [0.2, 0.25) is 10.2 Å². The molecule has 1 aliphatic carbocycles. The third-order valence-corrected chi connectivity index (χ3v) is 5.95. The molecule has 5 nitrogen and oxygen atoms in total. The molecule has 20 heavy (non-hydrogen) atoms. The summed E-state index contributed by atoms with van der Waals surface area (Å²) in [6, 6.07) is 0.969. The van der Waals surface area contributed by atoms with Crippen LogP contribution in [0.25, 0.3) is 0 Å². The van der Waals surface area contributed by atoms with E-state index in [4.69, 9.17) is 23.2 Å². The van der Waals surface area contributed by atoms with E-state index in [1.165, 1.54) is 12.3 Å². The van der Waals surface area contributed by atoms with Crippen LogP contribution < -0.4 is 4.72 Å². The molecule has 8 heteroatoms. The van der Waals surface area contributed by atoms with Gasteiger partial charge in [-0.05, 0) is 18.9 Å². The molecule has 2 rings (SSSR count). The first kappa shape index (κ1) is 16.0. The summed E-state index contributed by atoms with van der Waals surface area (Å²) in [7, 11) is -3.73. The fourth-order valence-electron chi connectivity index (χ4n) is 2.43. The minimum Gasteiger partial charge on any atom is -0.396 e. The highest BCUT2D eigenvalue weighted by Crippen LogP contribution is 2.38. The lowest BCUT2D eigenvalue weighted by Gasteiger charge is -2.29. The molecule has 1 fully saturated rings. The topological polar surface area (TPSA) is 79.3 Å². The smallest absolute Gasteiger partial charge is 0.242 e. The summed E-state index contributed by atoms with van der Waals surface area (Å²) in [4.78, 5) is 3.71. The largest absolute Gasteiger partial charge is 0.396 e. The van der Waals surface area contributed by atoms with Gasteiger partial charge in [-0.1, -0.05) is 36.5 Å². The number of hydrogen-bond acceptors (Lipinski definition) is 4. The molecule has 2 N–H and O–H groups in total. The summed E-state index contributed by atoms with van der Waals surface area (Å²) in [5, 5.41) is 9.61. The Hall–Kier alpha value is -0.400. The molecular weight excluding hydrogens is 323 g/mol. The van der Waals surface area contributed by atoms with Crippen molar-refractivity contribution in [3.8, 4) is 0 Å². The van der Waals surface area contributed by atoms with Gasteiger partial charge in [0.15, 0.2) is 0 Å². The van der Waals surface area contributed by atoms with Crippen molar-refractivity contribution in [1.82, 2.24) is 9.71 Å². The number of halogens is 2. The average Bonchev–Trinajstić information content (AvgIpc) is 2.74. The van der Waals surface area contributed by atoms with Gasteiger partial charge in [0.05, 0.1) is 5.02 Å². The maximum atomic E-state index is 12.3. The van der Waals surface area contributed by atoms with Crippen LogP contribution in [0.4, 0.5) is 0 Å². The summed E-state index contributed by atoms with van der Waals surface area (Å²) >= 11 is 11.5. The second-order valence-corrected chi connectivity index (χ2v) is 7.80. The molecule has 1 aromatic rings. The summed E-state index contributed by atoms with van der Waals surface area (Å²) in [6.07, 6.45) is 3.53. The third-order valence-electron chi connectivity index (χ3n) is 3.82. The van der Waals surface area contributed by atoms with Gasteiger partial charge < -0.3 is 5.11 Å². The Morgan fingerprint density at radius 2 is 2.25 bits per heavy atom. The van der Waals surface area contributed by atoms with E-state index in [2.05, 4.69) is 9.71 Å². The predicted octanol–water partition coefficient (Wildman–Crippen LogP) is 2.22. The Bertz CT molecular complexity index is 609. The molecule has 1 saturated carbocycles. The average molecular weight is 339 g/mol. The van der Waals surface area contributed by atoms with Gasteiger partial charge in [-0.2, -0.15) is 0 Å². The second-order valence-electron chi connectivity index (χ2n) is 5.32. The number of nitrogens with zero attached hydrogens (tertiary/aromatic N) is 1. The van der Waals surface area contributed by atoms with E-state index in [9.17, 15) is 13.5 Å². The van der Waals surface area contributed by atoms with Gasteiger partial charge in [0.1, 0.15) is 10.0 Å². The van der Waals surface area contributed by atoms with Crippen LogP contribution in [0.15, 0.2) is 17.2 Å². The van der Waals surface area contributed by atoms with E-state index < -0.39 is 15.4 Å². The van der Waals surface area contributed by atoms with Gasteiger partial charge >= 0.3 is 0 Å². The second kappa shape index (κ2) is 5.77. The van der Waals surface area contributed by atoms with Gasteiger partial charge in [-0.3, -0.25) is 0 Å². The highest BCUT2D eigenvalue weighted by atomic mass is 35.5. The van der Waals surface area contributed by atoms with Gasteiger partial charge in [-0.25, -0.2) is 18.1 Å². The van der Waals surface area contributed by atoms with E-state index in [-0.39, 0.29) is 27.7 Å². The van der Waals surface area contributed by atoms with E-state index >= 15 is 0 Å². The number of sulfonamides is 1. The minimum atomic E-state index is -3.73. The molecule has 0 amide bonds. The predicted molar refractivity (Wildman–Crippen MR) is 77.4 cm³/mol. The Balaban J connectivity index is 2.25. The Morgan fingerprint density at radius 3 is 2.85 bits per heavy atom. The molecule has 0 aromatic carbocycles. The highest BCUT2D eigenvalue weighted by Gasteiger charge is 2.40. The monoisotopic (exact) mass is 338 g/mol. The number of aliphatic hydroxyl groups excluding tert-OH is 1. The van der Waals surface area contributed by atoms with Crippen LogP contribution in [0, 0.1) is 5.41 Å². The van der Waals surface area contributed by atoms with Gasteiger partial charge in [-0.15, -0.1) is 0 Å². The minimum absolute atomic E-state index is 0.0286. The van der Waals surface area contributed by atoms with E-state index in [1.54, 1.807) is 0 Å². The van der Waals surface area contributed by atoms with E-state index in [1.807, 2.05) is 6.92 Å². The van der Waals surface area contributed by atoms with Crippen molar-refractivity contribution in [2.45, 2.75) is 37.1 Å². The SMILES string of the molecule is CC1(CO)CCCC1NS(=O)(=O)c1cnc(Cl)c(Cl)c1. The molecule has 1 aliphatic rings. The van der Waals surface area contributed by atoms with Crippen molar-refractivity contribution in [3.05, 3.63) is 22.4 Å². The standard InChI is InChI=1S/C12H16Cl2N2O3S/c1-12(7-17)4-2-3-10(12)16-20(18,19)8-5-9(13)11(14)15-6-8/h5-6,10,16-17H,2-4,7H2,1H3. The Labute approximate surface area is 128 Å². The Morgan fingerprint density at radius 1 is 1.55 bits per heavy atom. The number of rotatable bonds is 4. The van der Waals surface area contributed by atoms with E-state index in [0.29, 0.717) is 6.42 Å². The molecular formula is C12H16Cl2N2O3S. The summed E-state index contributed by atoms with van der Waals surface area (Å²) in [5.41, 5.74) is -0.434. The quantitative estimate of drug-likeness (QED) is 0.825. The fourth-order valence-corrected chi connectivity index (χ4v) is 4.14. The normalized spacial score (nSPS) is 26.9. The Kier molecular flexibility index (Phi) is 4.61. The van der Waals surface area contributed by atoms with Crippen LogP contribution in [0.3, 0.4) is 0 Å². The summed E-state index contributed by atoms with van der Waals surface area (Å²) in [5.74, 6) is 0. The summed E-state index contributed by atoms with van der Waals surface area (Å²) < 4.78 is 27.3. The van der Waals surface area contributed by atoms with Crippen molar-refractivity contribution < 1.29 is 13.5 Å². The van der Waals surface area contributed by atoms with E-state index in [0.717, 1.165) is 12.8 Å². The maximum absolute atomic E-state index is 12.3. The zero-order valence-electron chi connectivity index (χ0n) is 10.9. The lowest BCUT2D eigenvalue weighted by Crippen LogP contribution is -2.44. The van der Waals surface area contributed by atoms with Crippen LogP contribution in [0.1, 0.15) is 26.2 Å². The molecule has 2 unspecified atom stereocenters. The van der Waals surface area contributed by atoms with Gasteiger partial charge in [0.25, 0.3) is 0 Å². The first-order chi connectivity index (χ1) is 9.28. The summed E-state index contributed by atoms with van der Waals surface area (Å²) in [6.45, 7) is 1.82. The number of hydrogen-bond donors (Lipinski definition) is 2. The molecule has 0 aliphatic heterocycles.